The third-order valence-corrected chi connectivity index (χ3v) is 5.59. The molecule has 1 aliphatic heterocycles. The molecule has 9 nitrogen and oxygen atoms in total. The normalized spacial score (nSPS) is 14.1. The van der Waals surface area contributed by atoms with Gasteiger partial charge in [0.2, 0.25) is 0 Å². The molecular formula is C20H24N4O5S. The monoisotopic (exact) mass is 432 g/mol. The summed E-state index contributed by atoms with van der Waals surface area (Å²) in [6, 6.07) is 4.55. The molecule has 0 atom stereocenters. The van der Waals surface area contributed by atoms with Crippen LogP contribution in [0.4, 0.5) is 16.5 Å². The number of amides is 1. The van der Waals surface area contributed by atoms with Gasteiger partial charge in [0.15, 0.2) is 5.13 Å². The van der Waals surface area contributed by atoms with Gasteiger partial charge in [-0.25, -0.2) is 4.98 Å². The Hall–Kier alpha value is -3.01. The summed E-state index contributed by atoms with van der Waals surface area (Å²) in [4.78, 5) is 41.5. The van der Waals surface area contributed by atoms with Crippen LogP contribution in [0.15, 0.2) is 23.6 Å². The molecule has 1 aromatic carbocycles. The van der Waals surface area contributed by atoms with Crippen LogP contribution in [0, 0.1) is 10.1 Å². The van der Waals surface area contributed by atoms with E-state index in [1.807, 2.05) is 4.90 Å². The Balaban J connectivity index is 1.73. The van der Waals surface area contributed by atoms with Crippen molar-refractivity contribution in [3.8, 4) is 0 Å². The van der Waals surface area contributed by atoms with Crippen LogP contribution < -0.4 is 10.2 Å². The number of hydrogen-bond acceptors (Lipinski definition) is 8. The first-order valence-corrected chi connectivity index (χ1v) is 10.8. The number of esters is 1. The largest absolute Gasteiger partial charge is 0.466 e. The van der Waals surface area contributed by atoms with E-state index >= 15 is 0 Å². The van der Waals surface area contributed by atoms with Gasteiger partial charge in [-0.05, 0) is 31.9 Å². The highest BCUT2D eigenvalue weighted by atomic mass is 32.1. The molecule has 160 valence electrons. The van der Waals surface area contributed by atoms with Gasteiger partial charge in [0.1, 0.15) is 5.69 Å². The Kier molecular flexibility index (Phi) is 7.34. The lowest BCUT2D eigenvalue weighted by molar-refractivity contribution is -0.384. The second-order valence-electron chi connectivity index (χ2n) is 6.94. The van der Waals surface area contributed by atoms with Crippen molar-refractivity contribution >= 4 is 39.7 Å². The molecule has 1 amide bonds. The minimum atomic E-state index is -0.488. The molecule has 2 heterocycles. The average Bonchev–Trinajstić information content (AvgIpc) is 2.98. The standard InChI is InChI=1S/C20H24N4O5S/c1-2-29-18(25)12-15-13-30-20(21-15)22-19(26)14-7-8-16(17(11-14)24(27)28)23-9-5-3-4-6-10-23/h7-8,11,13H,2-6,9-10,12H2,1H3,(H,21,22,26). The van der Waals surface area contributed by atoms with Crippen molar-refractivity contribution in [3.63, 3.8) is 0 Å². The molecule has 1 N–H and O–H groups in total. The zero-order valence-corrected chi connectivity index (χ0v) is 17.6. The Morgan fingerprint density at radius 2 is 2.00 bits per heavy atom. The second kappa shape index (κ2) is 10.1. The highest BCUT2D eigenvalue weighted by molar-refractivity contribution is 7.14. The van der Waals surface area contributed by atoms with Gasteiger partial charge in [0, 0.05) is 30.1 Å². The van der Waals surface area contributed by atoms with Crippen LogP contribution in [0.25, 0.3) is 0 Å². The number of anilines is 2. The van der Waals surface area contributed by atoms with Crippen molar-refractivity contribution in [1.82, 2.24) is 4.98 Å². The van der Waals surface area contributed by atoms with Crippen molar-refractivity contribution in [1.29, 1.82) is 0 Å². The fraction of sp³-hybridized carbons (Fsp3) is 0.450. The van der Waals surface area contributed by atoms with Crippen LogP contribution in [0.2, 0.25) is 0 Å². The van der Waals surface area contributed by atoms with E-state index in [2.05, 4.69) is 10.3 Å². The fourth-order valence-corrected chi connectivity index (χ4v) is 4.07. The molecule has 10 heteroatoms. The number of nitro benzene ring substituents is 1. The van der Waals surface area contributed by atoms with Crippen molar-refractivity contribution in [2.75, 3.05) is 29.9 Å². The predicted molar refractivity (Wildman–Crippen MR) is 114 cm³/mol. The van der Waals surface area contributed by atoms with E-state index in [4.69, 9.17) is 4.74 Å². The highest BCUT2D eigenvalue weighted by Crippen LogP contribution is 2.31. The summed E-state index contributed by atoms with van der Waals surface area (Å²) in [5.41, 5.74) is 1.15. The van der Waals surface area contributed by atoms with Crippen molar-refractivity contribution in [2.24, 2.45) is 0 Å². The van der Waals surface area contributed by atoms with Gasteiger partial charge in [-0.2, -0.15) is 0 Å². The molecule has 0 aliphatic carbocycles. The number of carbonyl (C=O) groups is 2. The first-order valence-electron chi connectivity index (χ1n) is 9.92. The number of carbonyl (C=O) groups excluding carboxylic acids is 2. The van der Waals surface area contributed by atoms with Crippen molar-refractivity contribution in [2.45, 2.75) is 39.0 Å². The van der Waals surface area contributed by atoms with E-state index in [0.717, 1.165) is 38.8 Å². The zero-order chi connectivity index (χ0) is 21.5. The molecule has 1 aliphatic rings. The molecule has 1 fully saturated rings. The third-order valence-electron chi connectivity index (χ3n) is 4.78. The summed E-state index contributed by atoms with van der Waals surface area (Å²) in [6.45, 7) is 3.56. The summed E-state index contributed by atoms with van der Waals surface area (Å²) in [5, 5.41) is 16.3. The number of rotatable bonds is 7. The molecule has 2 aromatic rings. The predicted octanol–water partition coefficient (Wildman–Crippen LogP) is 3.79. The van der Waals surface area contributed by atoms with E-state index < -0.39 is 10.8 Å². The van der Waals surface area contributed by atoms with Gasteiger partial charge < -0.3 is 9.64 Å². The van der Waals surface area contributed by atoms with Gasteiger partial charge in [-0.15, -0.1) is 11.3 Å². The van der Waals surface area contributed by atoms with E-state index in [-0.39, 0.29) is 23.6 Å². The van der Waals surface area contributed by atoms with Crippen LogP contribution in [-0.2, 0) is 16.0 Å². The third kappa shape index (κ3) is 5.53. The number of aromatic nitrogens is 1. The van der Waals surface area contributed by atoms with Crippen LogP contribution >= 0.6 is 11.3 Å². The minimum absolute atomic E-state index is 0.0240. The first kappa shape index (κ1) is 21.7. The van der Waals surface area contributed by atoms with Gasteiger partial charge in [-0.1, -0.05) is 12.8 Å². The van der Waals surface area contributed by atoms with E-state index in [0.29, 0.717) is 23.1 Å². The number of nitrogens with one attached hydrogen (secondary N) is 1. The lowest BCUT2D eigenvalue weighted by Crippen LogP contribution is -2.25. The first-order chi connectivity index (χ1) is 14.5. The molecule has 3 rings (SSSR count). The zero-order valence-electron chi connectivity index (χ0n) is 16.8. The molecule has 1 saturated heterocycles. The number of nitro groups is 1. The maximum absolute atomic E-state index is 12.6. The lowest BCUT2D eigenvalue weighted by atomic mass is 10.1. The van der Waals surface area contributed by atoms with Gasteiger partial charge in [0.25, 0.3) is 11.6 Å². The molecule has 0 bridgehead atoms. The molecule has 30 heavy (non-hydrogen) atoms. The quantitative estimate of drug-likeness (QED) is 0.402. The topological polar surface area (TPSA) is 115 Å². The minimum Gasteiger partial charge on any atom is -0.466 e. The SMILES string of the molecule is CCOC(=O)Cc1csc(NC(=O)c2ccc(N3CCCCCC3)c([N+](=O)[O-])c2)n1. The Bertz CT molecular complexity index is 922. The van der Waals surface area contributed by atoms with E-state index in [1.54, 1.807) is 24.4 Å². The summed E-state index contributed by atoms with van der Waals surface area (Å²) >= 11 is 1.18. The summed E-state index contributed by atoms with van der Waals surface area (Å²) in [5.74, 6) is -0.877. The Morgan fingerprint density at radius 1 is 1.27 bits per heavy atom. The molecule has 0 unspecified atom stereocenters. The number of benzene rings is 1. The molecular weight excluding hydrogens is 408 g/mol. The smallest absolute Gasteiger partial charge is 0.311 e. The summed E-state index contributed by atoms with van der Waals surface area (Å²) < 4.78 is 4.88. The molecule has 0 spiro atoms. The van der Waals surface area contributed by atoms with Gasteiger partial charge >= 0.3 is 5.97 Å². The van der Waals surface area contributed by atoms with Crippen molar-refractivity contribution < 1.29 is 19.2 Å². The number of nitrogens with zero attached hydrogens (tertiary/aromatic N) is 3. The Labute approximate surface area is 178 Å². The second-order valence-corrected chi connectivity index (χ2v) is 7.80. The number of ether oxygens (including phenoxy) is 1. The van der Waals surface area contributed by atoms with E-state index in [1.165, 1.54) is 17.4 Å². The summed E-state index contributed by atoms with van der Waals surface area (Å²) in [7, 11) is 0. The van der Waals surface area contributed by atoms with Gasteiger partial charge in [-0.3, -0.25) is 25.0 Å². The van der Waals surface area contributed by atoms with Gasteiger partial charge in [0.05, 0.1) is 23.6 Å². The average molecular weight is 433 g/mol. The fourth-order valence-electron chi connectivity index (χ4n) is 3.36. The Morgan fingerprint density at radius 3 is 2.67 bits per heavy atom. The molecule has 0 saturated carbocycles. The van der Waals surface area contributed by atoms with Crippen LogP contribution in [0.3, 0.4) is 0 Å². The highest BCUT2D eigenvalue weighted by Gasteiger charge is 2.23. The summed E-state index contributed by atoms with van der Waals surface area (Å²) in [6.07, 6.45) is 4.26. The molecule has 0 radical (unpaired) electrons. The van der Waals surface area contributed by atoms with Crippen LogP contribution in [0.1, 0.15) is 48.7 Å². The maximum Gasteiger partial charge on any atom is 0.311 e. The van der Waals surface area contributed by atoms with Crippen LogP contribution in [-0.4, -0.2) is 41.5 Å². The van der Waals surface area contributed by atoms with E-state index in [9.17, 15) is 19.7 Å². The van der Waals surface area contributed by atoms with Crippen molar-refractivity contribution in [3.05, 3.63) is 45.0 Å². The maximum atomic E-state index is 12.6. The lowest BCUT2D eigenvalue weighted by Gasteiger charge is -2.22. The van der Waals surface area contributed by atoms with Crippen LogP contribution in [0.5, 0.6) is 0 Å². The number of hydrogen-bond donors (Lipinski definition) is 1. The molecule has 1 aromatic heterocycles. The number of thiazole rings is 1.